The van der Waals surface area contributed by atoms with E-state index in [1.165, 1.54) is 0 Å². The van der Waals surface area contributed by atoms with E-state index in [-0.39, 0.29) is 5.91 Å². The topological polar surface area (TPSA) is 54.9 Å². The number of hydrogen-bond acceptors (Lipinski definition) is 3. The van der Waals surface area contributed by atoms with Crippen LogP contribution in [0.25, 0.3) is 22.2 Å². The van der Waals surface area contributed by atoms with Crippen molar-refractivity contribution in [3.05, 3.63) is 94.8 Å². The van der Waals surface area contributed by atoms with Gasteiger partial charge < -0.3 is 5.32 Å². The highest BCUT2D eigenvalue weighted by atomic mass is 35.5. The zero-order valence-electron chi connectivity index (χ0n) is 15.3. The molecule has 0 aliphatic rings. The number of aryl methyl sites for hydroxylation is 1. The van der Waals surface area contributed by atoms with E-state index in [1.807, 2.05) is 67.6 Å². The Labute approximate surface area is 168 Å². The molecule has 0 unspecified atom stereocenters. The van der Waals surface area contributed by atoms with Crippen molar-refractivity contribution in [2.24, 2.45) is 0 Å². The lowest BCUT2D eigenvalue weighted by atomic mass is 10.0. The third-order valence-corrected chi connectivity index (χ3v) is 4.92. The van der Waals surface area contributed by atoms with E-state index >= 15 is 0 Å². The van der Waals surface area contributed by atoms with Crippen LogP contribution in [0.3, 0.4) is 0 Å². The van der Waals surface area contributed by atoms with Crippen LogP contribution in [-0.4, -0.2) is 15.9 Å². The van der Waals surface area contributed by atoms with Gasteiger partial charge in [0.2, 0.25) is 0 Å². The molecule has 0 atom stereocenters. The van der Waals surface area contributed by atoms with Crippen LogP contribution >= 0.6 is 11.6 Å². The summed E-state index contributed by atoms with van der Waals surface area (Å²) in [5.74, 6) is -0.185. The number of halogens is 1. The molecule has 0 aliphatic carbocycles. The summed E-state index contributed by atoms with van der Waals surface area (Å²) in [6.45, 7) is 2.37. The molecule has 138 valence electrons. The van der Waals surface area contributed by atoms with Crippen molar-refractivity contribution in [2.75, 3.05) is 0 Å². The Bertz CT molecular complexity index is 1160. The van der Waals surface area contributed by atoms with Crippen molar-refractivity contribution in [1.82, 2.24) is 15.3 Å². The maximum absolute atomic E-state index is 13.0. The molecule has 0 saturated carbocycles. The van der Waals surface area contributed by atoms with E-state index < -0.39 is 0 Å². The SMILES string of the molecule is Cc1ccccc1-c1cc(C(=O)NCc2ccccn2)c2cccc(Cl)c2n1. The Morgan fingerprint density at radius 2 is 1.86 bits per heavy atom. The molecule has 4 aromatic rings. The summed E-state index contributed by atoms with van der Waals surface area (Å²) in [7, 11) is 0. The molecule has 4 rings (SSSR count). The van der Waals surface area contributed by atoms with Crippen molar-refractivity contribution >= 4 is 28.4 Å². The molecular formula is C23H18ClN3O. The number of amides is 1. The molecule has 2 heterocycles. The fraction of sp³-hybridized carbons (Fsp3) is 0.0870. The van der Waals surface area contributed by atoms with Gasteiger partial charge in [-0.1, -0.05) is 54.1 Å². The first-order chi connectivity index (χ1) is 13.6. The van der Waals surface area contributed by atoms with Gasteiger partial charge in [-0.25, -0.2) is 4.98 Å². The van der Waals surface area contributed by atoms with E-state index in [9.17, 15) is 4.79 Å². The fourth-order valence-corrected chi connectivity index (χ4v) is 3.39. The lowest BCUT2D eigenvalue weighted by Crippen LogP contribution is -2.23. The minimum atomic E-state index is -0.185. The van der Waals surface area contributed by atoms with E-state index in [0.717, 1.165) is 27.9 Å². The second-order valence-corrected chi connectivity index (χ2v) is 6.92. The molecule has 0 spiro atoms. The zero-order valence-corrected chi connectivity index (χ0v) is 16.1. The number of rotatable bonds is 4. The van der Waals surface area contributed by atoms with Crippen LogP contribution in [0.5, 0.6) is 0 Å². The van der Waals surface area contributed by atoms with Crippen LogP contribution in [0.1, 0.15) is 21.6 Å². The second-order valence-electron chi connectivity index (χ2n) is 6.51. The highest BCUT2D eigenvalue weighted by molar-refractivity contribution is 6.35. The van der Waals surface area contributed by atoms with Crippen molar-refractivity contribution in [3.63, 3.8) is 0 Å². The molecule has 1 amide bonds. The van der Waals surface area contributed by atoms with Gasteiger partial charge in [-0.05, 0) is 36.8 Å². The van der Waals surface area contributed by atoms with E-state index in [2.05, 4.69) is 10.3 Å². The first-order valence-electron chi connectivity index (χ1n) is 8.97. The summed E-state index contributed by atoms with van der Waals surface area (Å²) >= 11 is 6.40. The number of para-hydroxylation sites is 1. The van der Waals surface area contributed by atoms with Crippen molar-refractivity contribution < 1.29 is 4.79 Å². The van der Waals surface area contributed by atoms with Gasteiger partial charge in [0.05, 0.1) is 34.0 Å². The Morgan fingerprint density at radius 1 is 1.04 bits per heavy atom. The monoisotopic (exact) mass is 387 g/mol. The highest BCUT2D eigenvalue weighted by Crippen LogP contribution is 2.30. The van der Waals surface area contributed by atoms with E-state index in [1.54, 1.807) is 12.3 Å². The highest BCUT2D eigenvalue weighted by Gasteiger charge is 2.16. The molecule has 0 saturated heterocycles. The Hall–Kier alpha value is -3.24. The molecule has 0 bridgehead atoms. The summed E-state index contributed by atoms with van der Waals surface area (Å²) in [6, 6.07) is 20.9. The van der Waals surface area contributed by atoms with Crippen LogP contribution in [0.2, 0.25) is 5.02 Å². The molecule has 2 aromatic carbocycles. The van der Waals surface area contributed by atoms with Gasteiger partial charge in [0.15, 0.2) is 0 Å². The maximum Gasteiger partial charge on any atom is 0.252 e. The number of carbonyl (C=O) groups excluding carboxylic acids is 1. The van der Waals surface area contributed by atoms with Gasteiger partial charge >= 0.3 is 0 Å². The summed E-state index contributed by atoms with van der Waals surface area (Å²) in [6.07, 6.45) is 1.71. The van der Waals surface area contributed by atoms with Crippen molar-refractivity contribution in [1.29, 1.82) is 0 Å². The van der Waals surface area contributed by atoms with Crippen LogP contribution in [0, 0.1) is 6.92 Å². The lowest BCUT2D eigenvalue weighted by Gasteiger charge is -2.12. The molecule has 1 N–H and O–H groups in total. The van der Waals surface area contributed by atoms with Gasteiger partial charge in [0, 0.05) is 17.1 Å². The molecule has 2 aromatic heterocycles. The lowest BCUT2D eigenvalue weighted by molar-refractivity contribution is 0.0952. The van der Waals surface area contributed by atoms with Gasteiger partial charge in [-0.3, -0.25) is 9.78 Å². The molecule has 4 nitrogen and oxygen atoms in total. The number of aromatic nitrogens is 2. The Morgan fingerprint density at radius 3 is 2.64 bits per heavy atom. The quantitative estimate of drug-likeness (QED) is 0.524. The molecule has 0 radical (unpaired) electrons. The predicted molar refractivity (Wildman–Crippen MR) is 112 cm³/mol. The fourth-order valence-electron chi connectivity index (χ4n) is 3.17. The average Bonchev–Trinajstić information content (AvgIpc) is 2.73. The van der Waals surface area contributed by atoms with Crippen molar-refractivity contribution in [2.45, 2.75) is 13.5 Å². The Kier molecular flexibility index (Phi) is 5.04. The first kappa shape index (κ1) is 18.1. The summed E-state index contributed by atoms with van der Waals surface area (Å²) in [4.78, 5) is 22.0. The van der Waals surface area contributed by atoms with E-state index in [0.29, 0.717) is 22.6 Å². The normalized spacial score (nSPS) is 10.8. The van der Waals surface area contributed by atoms with Crippen LogP contribution < -0.4 is 5.32 Å². The molecule has 5 heteroatoms. The summed E-state index contributed by atoms with van der Waals surface area (Å²) < 4.78 is 0. The van der Waals surface area contributed by atoms with Gasteiger partial charge in [-0.15, -0.1) is 0 Å². The maximum atomic E-state index is 13.0. The molecule has 28 heavy (non-hydrogen) atoms. The van der Waals surface area contributed by atoms with Crippen molar-refractivity contribution in [3.8, 4) is 11.3 Å². The van der Waals surface area contributed by atoms with Gasteiger partial charge in [-0.2, -0.15) is 0 Å². The predicted octanol–water partition coefficient (Wildman–Crippen LogP) is 5.19. The number of fused-ring (bicyclic) bond motifs is 1. The number of nitrogens with zero attached hydrogens (tertiary/aromatic N) is 2. The third kappa shape index (κ3) is 3.59. The number of pyridine rings is 2. The number of nitrogens with one attached hydrogen (secondary N) is 1. The first-order valence-corrected chi connectivity index (χ1v) is 9.34. The zero-order chi connectivity index (χ0) is 19.5. The van der Waals surface area contributed by atoms with Crippen LogP contribution in [-0.2, 0) is 6.54 Å². The minimum Gasteiger partial charge on any atom is -0.346 e. The third-order valence-electron chi connectivity index (χ3n) is 4.61. The summed E-state index contributed by atoms with van der Waals surface area (Å²) in [5.41, 5.74) is 4.74. The summed E-state index contributed by atoms with van der Waals surface area (Å²) in [5, 5.41) is 4.19. The number of hydrogen-bond donors (Lipinski definition) is 1. The van der Waals surface area contributed by atoms with E-state index in [4.69, 9.17) is 16.6 Å². The van der Waals surface area contributed by atoms with Gasteiger partial charge in [0.25, 0.3) is 5.91 Å². The molecule has 0 aliphatic heterocycles. The van der Waals surface area contributed by atoms with Crippen LogP contribution in [0.15, 0.2) is 72.9 Å². The minimum absolute atomic E-state index is 0.185. The van der Waals surface area contributed by atoms with Gasteiger partial charge in [0.1, 0.15) is 0 Å². The number of benzene rings is 2. The number of carbonyl (C=O) groups is 1. The molecular weight excluding hydrogens is 370 g/mol. The second kappa shape index (κ2) is 7.79. The standard InChI is InChI=1S/C23H18ClN3O/c1-15-7-2-3-9-17(15)21-13-19(18-10-6-11-20(24)22(18)27-21)23(28)26-14-16-8-4-5-12-25-16/h2-13H,14H2,1H3,(H,26,28). The van der Waals surface area contributed by atoms with Crippen LogP contribution in [0.4, 0.5) is 0 Å². The average molecular weight is 388 g/mol. The largest absolute Gasteiger partial charge is 0.346 e. The Balaban J connectivity index is 1.79. The smallest absolute Gasteiger partial charge is 0.252 e. The molecule has 0 fully saturated rings.